The molecule has 12 heavy (non-hydrogen) atoms. The molecular formula is C10H22O2. The Kier molecular flexibility index (Phi) is 8.95. The van der Waals surface area contributed by atoms with Gasteiger partial charge in [-0.2, -0.15) is 0 Å². The highest BCUT2D eigenvalue weighted by Gasteiger charge is 2.04. The largest absolute Gasteiger partial charge is 0.396 e. The molecule has 1 N–H and O–H groups in total. The topological polar surface area (TPSA) is 29.5 Å². The van der Waals surface area contributed by atoms with Gasteiger partial charge in [0.1, 0.15) is 0 Å². The molecule has 0 aliphatic carbocycles. The molecule has 0 bridgehead atoms. The van der Waals surface area contributed by atoms with Crippen LogP contribution in [0.3, 0.4) is 0 Å². The minimum absolute atomic E-state index is 0.333. The first kappa shape index (κ1) is 11.9. The van der Waals surface area contributed by atoms with Crippen LogP contribution in [0, 0.1) is 5.92 Å². The molecule has 0 aliphatic heterocycles. The Morgan fingerprint density at radius 1 is 1.25 bits per heavy atom. The lowest BCUT2D eigenvalue weighted by atomic mass is 9.99. The maximum atomic E-state index is 8.97. The van der Waals surface area contributed by atoms with Crippen LogP contribution in [0.4, 0.5) is 0 Å². The zero-order valence-corrected chi connectivity index (χ0v) is 8.38. The number of aliphatic hydroxyl groups is 1. The minimum Gasteiger partial charge on any atom is -0.396 e. The second kappa shape index (κ2) is 9.01. The van der Waals surface area contributed by atoms with Crippen LogP contribution in [-0.2, 0) is 4.74 Å². The molecule has 0 fully saturated rings. The van der Waals surface area contributed by atoms with E-state index >= 15 is 0 Å². The predicted molar refractivity (Wildman–Crippen MR) is 51.2 cm³/mol. The molecule has 2 heteroatoms. The van der Waals surface area contributed by atoms with Crippen molar-refractivity contribution < 1.29 is 9.84 Å². The zero-order chi connectivity index (χ0) is 9.23. The molecular weight excluding hydrogens is 152 g/mol. The third-order valence-corrected chi connectivity index (χ3v) is 2.06. The van der Waals surface area contributed by atoms with Crippen LogP contribution in [0.25, 0.3) is 0 Å². The Balaban J connectivity index is 3.19. The summed E-state index contributed by atoms with van der Waals surface area (Å²) in [5.74, 6) is 0.496. The third kappa shape index (κ3) is 6.62. The molecule has 1 atom stereocenters. The van der Waals surface area contributed by atoms with Gasteiger partial charge >= 0.3 is 0 Å². The highest BCUT2D eigenvalue weighted by atomic mass is 16.5. The average Bonchev–Trinajstić information content (AvgIpc) is 2.10. The van der Waals surface area contributed by atoms with E-state index in [0.29, 0.717) is 12.5 Å². The monoisotopic (exact) mass is 174 g/mol. The first-order chi connectivity index (χ1) is 5.85. The van der Waals surface area contributed by atoms with Crippen LogP contribution in [0.2, 0.25) is 0 Å². The first-order valence-electron chi connectivity index (χ1n) is 5.03. The highest BCUT2D eigenvalue weighted by Crippen LogP contribution is 2.12. The van der Waals surface area contributed by atoms with E-state index in [1.54, 1.807) is 0 Å². The van der Waals surface area contributed by atoms with Crippen LogP contribution in [0.5, 0.6) is 0 Å². The van der Waals surface area contributed by atoms with E-state index in [1.807, 2.05) is 6.92 Å². The van der Waals surface area contributed by atoms with Crippen molar-refractivity contribution in [3.8, 4) is 0 Å². The molecule has 74 valence electrons. The van der Waals surface area contributed by atoms with Gasteiger partial charge in [-0.25, -0.2) is 0 Å². The Hall–Kier alpha value is -0.0800. The van der Waals surface area contributed by atoms with Crippen molar-refractivity contribution in [2.24, 2.45) is 5.92 Å². The minimum atomic E-state index is 0.333. The summed E-state index contributed by atoms with van der Waals surface area (Å²) in [6.45, 7) is 6.15. The number of rotatable bonds is 8. The molecule has 0 saturated carbocycles. The summed E-state index contributed by atoms with van der Waals surface area (Å²) >= 11 is 0. The number of ether oxygens (including phenoxy) is 1. The second-order valence-corrected chi connectivity index (χ2v) is 3.18. The Morgan fingerprint density at radius 3 is 2.50 bits per heavy atom. The molecule has 0 aliphatic rings. The normalized spacial score (nSPS) is 13.2. The first-order valence-corrected chi connectivity index (χ1v) is 5.03. The van der Waals surface area contributed by atoms with Gasteiger partial charge in [0.2, 0.25) is 0 Å². The molecule has 0 aromatic heterocycles. The van der Waals surface area contributed by atoms with E-state index in [4.69, 9.17) is 9.84 Å². The molecule has 0 aromatic carbocycles. The van der Waals surface area contributed by atoms with E-state index in [9.17, 15) is 0 Å². The van der Waals surface area contributed by atoms with E-state index in [1.165, 1.54) is 6.42 Å². The summed E-state index contributed by atoms with van der Waals surface area (Å²) in [5, 5.41) is 8.97. The van der Waals surface area contributed by atoms with Crippen molar-refractivity contribution >= 4 is 0 Å². The average molecular weight is 174 g/mol. The molecule has 0 spiro atoms. The van der Waals surface area contributed by atoms with E-state index in [2.05, 4.69) is 6.92 Å². The van der Waals surface area contributed by atoms with Crippen LogP contribution in [-0.4, -0.2) is 24.9 Å². The molecule has 0 amide bonds. The van der Waals surface area contributed by atoms with Gasteiger partial charge in [-0.3, -0.25) is 0 Å². The van der Waals surface area contributed by atoms with Gasteiger partial charge in [0.05, 0.1) is 0 Å². The van der Waals surface area contributed by atoms with Gasteiger partial charge in [0, 0.05) is 19.8 Å². The maximum absolute atomic E-state index is 8.97. The zero-order valence-electron chi connectivity index (χ0n) is 8.38. The van der Waals surface area contributed by atoms with Crippen molar-refractivity contribution in [1.29, 1.82) is 0 Å². The summed E-state index contributed by atoms with van der Waals surface area (Å²) < 4.78 is 5.22. The summed E-state index contributed by atoms with van der Waals surface area (Å²) in [7, 11) is 0. The van der Waals surface area contributed by atoms with Crippen LogP contribution in [0.15, 0.2) is 0 Å². The molecule has 0 radical (unpaired) electrons. The molecule has 2 nitrogen and oxygen atoms in total. The smallest absolute Gasteiger partial charge is 0.0466 e. The second-order valence-electron chi connectivity index (χ2n) is 3.18. The highest BCUT2D eigenvalue weighted by molar-refractivity contribution is 4.56. The summed E-state index contributed by atoms with van der Waals surface area (Å²) in [4.78, 5) is 0. The number of hydrogen-bond acceptors (Lipinski definition) is 2. The molecule has 1 unspecified atom stereocenters. The van der Waals surface area contributed by atoms with E-state index < -0.39 is 0 Å². The molecule has 0 saturated heterocycles. The number of hydrogen-bond donors (Lipinski definition) is 1. The lowest BCUT2D eigenvalue weighted by Gasteiger charge is -2.11. The van der Waals surface area contributed by atoms with Crippen LogP contribution >= 0.6 is 0 Å². The maximum Gasteiger partial charge on any atom is 0.0466 e. The standard InChI is InChI=1S/C10H22O2/c1-3-6-10(9-11)7-5-8-12-4-2/h10-11H,3-9H2,1-2H3. The van der Waals surface area contributed by atoms with Gasteiger partial charge in [-0.05, 0) is 32.1 Å². The van der Waals surface area contributed by atoms with Crippen LogP contribution < -0.4 is 0 Å². The fourth-order valence-corrected chi connectivity index (χ4v) is 1.35. The molecule has 0 aromatic rings. The van der Waals surface area contributed by atoms with Gasteiger partial charge in [0.15, 0.2) is 0 Å². The third-order valence-electron chi connectivity index (χ3n) is 2.06. The van der Waals surface area contributed by atoms with Crippen molar-refractivity contribution in [3.05, 3.63) is 0 Å². The summed E-state index contributed by atoms with van der Waals surface area (Å²) in [6.07, 6.45) is 4.49. The Bertz CT molecular complexity index is 83.9. The SMILES string of the molecule is CCCC(CO)CCCOCC. The predicted octanol–water partition coefficient (Wildman–Crippen LogP) is 2.21. The van der Waals surface area contributed by atoms with E-state index in [-0.39, 0.29) is 0 Å². The quantitative estimate of drug-likeness (QED) is 0.572. The fraction of sp³-hybridized carbons (Fsp3) is 1.00. The molecule has 0 heterocycles. The van der Waals surface area contributed by atoms with Crippen molar-refractivity contribution in [2.75, 3.05) is 19.8 Å². The van der Waals surface area contributed by atoms with Crippen molar-refractivity contribution in [1.82, 2.24) is 0 Å². The van der Waals surface area contributed by atoms with Gasteiger partial charge in [0.25, 0.3) is 0 Å². The lowest BCUT2D eigenvalue weighted by Crippen LogP contribution is -2.07. The van der Waals surface area contributed by atoms with Crippen molar-refractivity contribution in [3.63, 3.8) is 0 Å². The van der Waals surface area contributed by atoms with Gasteiger partial charge < -0.3 is 9.84 Å². The summed E-state index contributed by atoms with van der Waals surface area (Å²) in [6, 6.07) is 0. The van der Waals surface area contributed by atoms with E-state index in [0.717, 1.165) is 32.5 Å². The fourth-order valence-electron chi connectivity index (χ4n) is 1.35. The number of aliphatic hydroxyl groups excluding tert-OH is 1. The summed E-state index contributed by atoms with van der Waals surface area (Å²) in [5.41, 5.74) is 0. The van der Waals surface area contributed by atoms with Gasteiger partial charge in [-0.15, -0.1) is 0 Å². The molecule has 0 rings (SSSR count). The lowest BCUT2D eigenvalue weighted by molar-refractivity contribution is 0.131. The van der Waals surface area contributed by atoms with Crippen molar-refractivity contribution in [2.45, 2.75) is 39.5 Å². The Morgan fingerprint density at radius 2 is 2.00 bits per heavy atom. The van der Waals surface area contributed by atoms with Crippen LogP contribution in [0.1, 0.15) is 39.5 Å². The van der Waals surface area contributed by atoms with Gasteiger partial charge in [-0.1, -0.05) is 13.3 Å². The Labute approximate surface area is 75.9 Å².